The van der Waals surface area contributed by atoms with Crippen LogP contribution >= 0.6 is 0 Å². The molecule has 112 valence electrons. The summed E-state index contributed by atoms with van der Waals surface area (Å²) in [6, 6.07) is 8.09. The molecule has 3 rings (SSSR count). The molecule has 0 atom stereocenters. The van der Waals surface area contributed by atoms with E-state index in [1.165, 1.54) is 12.8 Å². The molecule has 1 aromatic heterocycles. The van der Waals surface area contributed by atoms with Gasteiger partial charge in [-0.25, -0.2) is 9.66 Å². The topological polar surface area (TPSA) is 79.1 Å². The lowest BCUT2D eigenvalue weighted by Gasteiger charge is -2.08. The molecule has 2 aromatic rings. The number of aromatic nitrogens is 2. The molecule has 0 saturated heterocycles. The van der Waals surface area contributed by atoms with Gasteiger partial charge in [-0.1, -0.05) is 31.0 Å². The Morgan fingerprint density at radius 1 is 1.33 bits per heavy atom. The van der Waals surface area contributed by atoms with Crippen LogP contribution in [0.3, 0.4) is 0 Å². The maximum Gasteiger partial charge on any atom is 0.150 e. The van der Waals surface area contributed by atoms with Crippen LogP contribution in [-0.4, -0.2) is 16.8 Å². The number of methoxy groups -OCH3 is 1. The molecule has 4 N–H and O–H groups in total. The standard InChI is InChI=1S/C16H22N4O/c1-21-10-11-5-4-8-13(9-11)14-15(17)20(18)16(19-14)12-6-2-3-7-12/h4-5,8-9,12H,2-3,6-7,10,17-18H2,1H3. The lowest BCUT2D eigenvalue weighted by atomic mass is 10.1. The molecule has 0 spiro atoms. The van der Waals surface area contributed by atoms with Gasteiger partial charge in [0.25, 0.3) is 0 Å². The van der Waals surface area contributed by atoms with Crippen molar-refractivity contribution in [1.82, 2.24) is 9.66 Å². The summed E-state index contributed by atoms with van der Waals surface area (Å²) in [5, 5.41) is 0. The zero-order valence-corrected chi connectivity index (χ0v) is 12.4. The maximum atomic E-state index is 6.17. The zero-order valence-electron chi connectivity index (χ0n) is 12.4. The molecule has 0 amide bonds. The van der Waals surface area contributed by atoms with Gasteiger partial charge < -0.3 is 16.3 Å². The number of rotatable bonds is 4. The summed E-state index contributed by atoms with van der Waals surface area (Å²) in [5.41, 5.74) is 9.04. The van der Waals surface area contributed by atoms with Gasteiger partial charge in [-0.05, 0) is 24.5 Å². The Kier molecular flexibility index (Phi) is 3.84. The van der Waals surface area contributed by atoms with E-state index < -0.39 is 0 Å². The first-order valence-electron chi connectivity index (χ1n) is 7.42. The minimum Gasteiger partial charge on any atom is -0.382 e. The van der Waals surface area contributed by atoms with E-state index in [0.717, 1.165) is 35.5 Å². The number of nitrogens with zero attached hydrogens (tertiary/aromatic N) is 2. The molecule has 5 heteroatoms. The van der Waals surface area contributed by atoms with Gasteiger partial charge in [0.1, 0.15) is 11.5 Å². The molecule has 1 heterocycles. The van der Waals surface area contributed by atoms with Crippen molar-refractivity contribution in [3.63, 3.8) is 0 Å². The third-order valence-electron chi connectivity index (χ3n) is 4.21. The van der Waals surface area contributed by atoms with Crippen molar-refractivity contribution in [3.8, 4) is 11.3 Å². The second-order valence-corrected chi connectivity index (χ2v) is 5.69. The first-order valence-corrected chi connectivity index (χ1v) is 7.42. The molecule has 0 aliphatic heterocycles. The van der Waals surface area contributed by atoms with Gasteiger partial charge in [0.2, 0.25) is 0 Å². The van der Waals surface area contributed by atoms with Gasteiger partial charge in [-0.15, -0.1) is 0 Å². The first kappa shape index (κ1) is 13.9. The maximum absolute atomic E-state index is 6.17. The average Bonchev–Trinajstić information content (AvgIpc) is 3.10. The normalized spacial score (nSPS) is 15.7. The highest BCUT2D eigenvalue weighted by atomic mass is 16.5. The number of nitrogen functional groups attached to an aromatic ring is 2. The number of imidazole rings is 1. The quantitative estimate of drug-likeness (QED) is 0.847. The fraction of sp³-hybridized carbons (Fsp3) is 0.438. The SMILES string of the molecule is COCc1cccc(-c2nc(C3CCCC3)n(N)c2N)c1. The number of benzene rings is 1. The van der Waals surface area contributed by atoms with Gasteiger partial charge in [0.15, 0.2) is 5.82 Å². The van der Waals surface area contributed by atoms with E-state index in [-0.39, 0.29) is 0 Å². The molecule has 5 nitrogen and oxygen atoms in total. The smallest absolute Gasteiger partial charge is 0.150 e. The Hall–Kier alpha value is -2.01. The highest BCUT2D eigenvalue weighted by Gasteiger charge is 2.25. The third-order valence-corrected chi connectivity index (χ3v) is 4.21. The van der Waals surface area contributed by atoms with Crippen molar-refractivity contribution in [2.24, 2.45) is 0 Å². The van der Waals surface area contributed by atoms with Crippen molar-refractivity contribution in [1.29, 1.82) is 0 Å². The summed E-state index contributed by atoms with van der Waals surface area (Å²) in [6.45, 7) is 0.576. The van der Waals surface area contributed by atoms with E-state index >= 15 is 0 Å². The number of nitrogens with two attached hydrogens (primary N) is 2. The lowest BCUT2D eigenvalue weighted by Crippen LogP contribution is -2.17. The van der Waals surface area contributed by atoms with E-state index in [1.807, 2.05) is 18.2 Å². The van der Waals surface area contributed by atoms with E-state index in [0.29, 0.717) is 18.3 Å². The molecule has 0 bridgehead atoms. The van der Waals surface area contributed by atoms with Gasteiger partial charge in [-0.2, -0.15) is 0 Å². The van der Waals surface area contributed by atoms with Crippen LogP contribution in [0.1, 0.15) is 43.0 Å². The Morgan fingerprint density at radius 3 is 2.81 bits per heavy atom. The van der Waals surface area contributed by atoms with Crippen molar-refractivity contribution in [2.75, 3.05) is 18.7 Å². The van der Waals surface area contributed by atoms with Crippen LogP contribution in [0.15, 0.2) is 24.3 Å². The monoisotopic (exact) mass is 286 g/mol. The summed E-state index contributed by atoms with van der Waals surface area (Å²) in [6.07, 6.45) is 4.79. The zero-order chi connectivity index (χ0) is 14.8. The summed E-state index contributed by atoms with van der Waals surface area (Å²) in [5.74, 6) is 8.01. The molecular formula is C16H22N4O. The predicted octanol–water partition coefficient (Wildman–Crippen LogP) is 2.65. The predicted molar refractivity (Wildman–Crippen MR) is 84.1 cm³/mol. The van der Waals surface area contributed by atoms with Gasteiger partial charge in [0.05, 0.1) is 6.61 Å². The molecule has 1 aromatic carbocycles. The largest absolute Gasteiger partial charge is 0.382 e. The van der Waals surface area contributed by atoms with E-state index in [4.69, 9.17) is 21.3 Å². The molecule has 1 saturated carbocycles. The highest BCUT2D eigenvalue weighted by Crippen LogP contribution is 2.36. The molecule has 0 radical (unpaired) electrons. The molecule has 21 heavy (non-hydrogen) atoms. The number of ether oxygens (including phenoxy) is 1. The van der Waals surface area contributed by atoms with Crippen LogP contribution in [0, 0.1) is 0 Å². The average molecular weight is 286 g/mol. The van der Waals surface area contributed by atoms with Gasteiger partial charge in [0, 0.05) is 18.6 Å². The highest BCUT2D eigenvalue weighted by molar-refractivity contribution is 5.71. The fourth-order valence-corrected chi connectivity index (χ4v) is 3.12. The number of hydrogen-bond acceptors (Lipinski definition) is 4. The second kappa shape index (κ2) is 5.77. The van der Waals surface area contributed by atoms with Crippen molar-refractivity contribution in [3.05, 3.63) is 35.7 Å². The van der Waals surface area contributed by atoms with Crippen LogP contribution < -0.4 is 11.6 Å². The van der Waals surface area contributed by atoms with Crippen LogP contribution in [0.4, 0.5) is 5.82 Å². The Balaban J connectivity index is 1.98. The van der Waals surface area contributed by atoms with Crippen LogP contribution in [0.2, 0.25) is 0 Å². The van der Waals surface area contributed by atoms with Crippen molar-refractivity contribution in [2.45, 2.75) is 38.2 Å². The Labute approximate surface area is 124 Å². The Bertz CT molecular complexity index is 629. The van der Waals surface area contributed by atoms with Crippen molar-refractivity contribution < 1.29 is 4.74 Å². The van der Waals surface area contributed by atoms with Crippen LogP contribution in [0.25, 0.3) is 11.3 Å². The minimum atomic E-state index is 0.438. The van der Waals surface area contributed by atoms with E-state index in [1.54, 1.807) is 11.8 Å². The molecule has 0 unspecified atom stereocenters. The molecular weight excluding hydrogens is 264 g/mol. The van der Waals surface area contributed by atoms with Crippen LogP contribution in [-0.2, 0) is 11.3 Å². The van der Waals surface area contributed by atoms with E-state index in [9.17, 15) is 0 Å². The number of hydrogen-bond donors (Lipinski definition) is 2. The summed E-state index contributed by atoms with van der Waals surface area (Å²) in [4.78, 5) is 4.73. The molecule has 1 aliphatic rings. The Morgan fingerprint density at radius 2 is 2.10 bits per heavy atom. The first-order chi connectivity index (χ1) is 10.2. The fourth-order valence-electron chi connectivity index (χ4n) is 3.12. The summed E-state index contributed by atoms with van der Waals surface area (Å²) < 4.78 is 6.74. The minimum absolute atomic E-state index is 0.438. The van der Waals surface area contributed by atoms with Gasteiger partial charge >= 0.3 is 0 Å². The van der Waals surface area contributed by atoms with Crippen LogP contribution in [0.5, 0.6) is 0 Å². The van der Waals surface area contributed by atoms with E-state index in [2.05, 4.69) is 6.07 Å². The lowest BCUT2D eigenvalue weighted by molar-refractivity contribution is 0.185. The molecule has 1 aliphatic carbocycles. The van der Waals surface area contributed by atoms with Gasteiger partial charge in [-0.3, -0.25) is 0 Å². The second-order valence-electron chi connectivity index (χ2n) is 5.69. The summed E-state index contributed by atoms with van der Waals surface area (Å²) in [7, 11) is 1.69. The van der Waals surface area contributed by atoms with Crippen molar-refractivity contribution >= 4 is 5.82 Å². The molecule has 1 fully saturated rings. The number of anilines is 1. The summed E-state index contributed by atoms with van der Waals surface area (Å²) >= 11 is 0. The third kappa shape index (κ3) is 2.61.